The molecular formula is C14H18ClF3N2OS. The lowest BCUT2D eigenvalue weighted by Gasteiger charge is -2.19. The molecule has 0 bridgehead atoms. The predicted molar refractivity (Wildman–Crippen MR) is 83.3 cm³/mol. The number of carbonyl (C=O) groups excluding carboxylic acids is 1. The summed E-state index contributed by atoms with van der Waals surface area (Å²) >= 11 is -0.190. The lowest BCUT2D eigenvalue weighted by Crippen LogP contribution is -2.39. The van der Waals surface area contributed by atoms with Crippen molar-refractivity contribution in [3.05, 3.63) is 29.8 Å². The Morgan fingerprint density at radius 1 is 1.27 bits per heavy atom. The molecule has 8 heteroatoms. The third kappa shape index (κ3) is 5.37. The number of rotatable bonds is 4. The van der Waals surface area contributed by atoms with Crippen molar-refractivity contribution in [2.24, 2.45) is 11.7 Å². The Bertz CT molecular complexity index is 496. The lowest BCUT2D eigenvalue weighted by molar-refractivity contribution is -0.0328. The van der Waals surface area contributed by atoms with Gasteiger partial charge in [-0.1, -0.05) is 6.42 Å². The van der Waals surface area contributed by atoms with Crippen LogP contribution in [0.25, 0.3) is 0 Å². The van der Waals surface area contributed by atoms with Crippen LogP contribution in [0.4, 0.5) is 13.2 Å². The van der Waals surface area contributed by atoms with Gasteiger partial charge in [-0.3, -0.25) is 4.79 Å². The topological polar surface area (TPSA) is 55.1 Å². The number of alkyl halides is 3. The smallest absolute Gasteiger partial charge is 0.349 e. The van der Waals surface area contributed by atoms with Crippen LogP contribution in [0.15, 0.2) is 29.2 Å². The van der Waals surface area contributed by atoms with Gasteiger partial charge in [0, 0.05) is 16.5 Å². The first-order valence-corrected chi connectivity index (χ1v) is 7.57. The Balaban J connectivity index is 0.00000242. The van der Waals surface area contributed by atoms with E-state index in [2.05, 4.69) is 5.32 Å². The normalized spacial score (nSPS) is 21.3. The Kier molecular flexibility index (Phi) is 7.02. The summed E-state index contributed by atoms with van der Waals surface area (Å²) in [5.74, 6) is 0.0258. The van der Waals surface area contributed by atoms with Crippen molar-refractivity contribution in [3.63, 3.8) is 0 Å². The van der Waals surface area contributed by atoms with E-state index < -0.39 is 5.51 Å². The fourth-order valence-electron chi connectivity index (χ4n) is 2.57. The largest absolute Gasteiger partial charge is 0.446 e. The first kappa shape index (κ1) is 19.1. The van der Waals surface area contributed by atoms with E-state index in [0.29, 0.717) is 12.1 Å². The highest BCUT2D eigenvalue weighted by molar-refractivity contribution is 8.00. The fraction of sp³-hybridized carbons (Fsp3) is 0.500. The van der Waals surface area contributed by atoms with Crippen molar-refractivity contribution in [1.82, 2.24) is 5.32 Å². The van der Waals surface area contributed by atoms with Crippen LogP contribution in [0, 0.1) is 5.92 Å². The van der Waals surface area contributed by atoms with Gasteiger partial charge in [-0.05, 0) is 61.3 Å². The molecule has 1 fully saturated rings. The number of benzene rings is 1. The molecule has 0 saturated heterocycles. The van der Waals surface area contributed by atoms with Gasteiger partial charge in [0.05, 0.1) is 0 Å². The van der Waals surface area contributed by atoms with Crippen molar-refractivity contribution < 1.29 is 18.0 Å². The van der Waals surface area contributed by atoms with Gasteiger partial charge in [-0.15, -0.1) is 12.4 Å². The van der Waals surface area contributed by atoms with Crippen molar-refractivity contribution in [1.29, 1.82) is 0 Å². The summed E-state index contributed by atoms with van der Waals surface area (Å²) in [7, 11) is 0. The fourth-order valence-corrected chi connectivity index (χ4v) is 3.11. The van der Waals surface area contributed by atoms with E-state index in [0.717, 1.165) is 19.3 Å². The summed E-state index contributed by atoms with van der Waals surface area (Å²) in [6.07, 6.45) is 2.94. The molecule has 124 valence electrons. The van der Waals surface area contributed by atoms with Crippen LogP contribution < -0.4 is 11.1 Å². The monoisotopic (exact) mass is 354 g/mol. The zero-order valence-corrected chi connectivity index (χ0v) is 13.4. The Hall–Kier alpha value is -0.920. The minimum absolute atomic E-state index is 0. The standard InChI is InChI=1S/C14H17F3N2OS.ClH/c15-14(16,17)21-11-6-4-9(5-7-11)13(20)19-12-3-1-2-10(12)8-18;/h4-7,10,12H,1-3,8,18H2,(H,19,20);1H. The summed E-state index contributed by atoms with van der Waals surface area (Å²) in [5, 5.41) is 2.92. The number of thioether (sulfide) groups is 1. The predicted octanol–water partition coefficient (Wildman–Crippen LogP) is 3.58. The van der Waals surface area contributed by atoms with Gasteiger partial charge >= 0.3 is 5.51 Å². The minimum Gasteiger partial charge on any atom is -0.349 e. The van der Waals surface area contributed by atoms with Crippen LogP contribution in [0.3, 0.4) is 0 Å². The van der Waals surface area contributed by atoms with Crippen LogP contribution in [0.5, 0.6) is 0 Å². The van der Waals surface area contributed by atoms with E-state index in [4.69, 9.17) is 5.73 Å². The van der Waals surface area contributed by atoms with E-state index in [1.807, 2.05) is 0 Å². The molecule has 0 heterocycles. The van der Waals surface area contributed by atoms with E-state index >= 15 is 0 Å². The third-order valence-electron chi connectivity index (χ3n) is 3.63. The van der Waals surface area contributed by atoms with Gasteiger partial charge in [-0.25, -0.2) is 0 Å². The molecule has 22 heavy (non-hydrogen) atoms. The summed E-state index contributed by atoms with van der Waals surface area (Å²) in [6, 6.07) is 5.50. The average molecular weight is 355 g/mol. The van der Waals surface area contributed by atoms with Gasteiger partial charge < -0.3 is 11.1 Å². The summed E-state index contributed by atoms with van der Waals surface area (Å²) in [6.45, 7) is 0.534. The molecule has 0 aromatic heterocycles. The molecule has 0 radical (unpaired) electrons. The third-order valence-corrected chi connectivity index (χ3v) is 4.37. The first-order chi connectivity index (χ1) is 9.89. The van der Waals surface area contributed by atoms with Crippen molar-refractivity contribution in [2.75, 3.05) is 6.54 Å². The number of amides is 1. The summed E-state index contributed by atoms with van der Waals surface area (Å²) < 4.78 is 36.7. The minimum atomic E-state index is -4.32. The van der Waals surface area contributed by atoms with Gasteiger partial charge in [0.2, 0.25) is 0 Å². The molecule has 1 aromatic rings. The van der Waals surface area contributed by atoms with E-state index in [-0.39, 0.29) is 46.9 Å². The van der Waals surface area contributed by atoms with Gasteiger partial charge in [0.15, 0.2) is 0 Å². The maximum Gasteiger partial charge on any atom is 0.446 e. The van der Waals surface area contributed by atoms with E-state index in [1.165, 1.54) is 24.3 Å². The zero-order valence-electron chi connectivity index (χ0n) is 11.7. The maximum absolute atomic E-state index is 12.2. The van der Waals surface area contributed by atoms with Crippen molar-refractivity contribution >= 4 is 30.1 Å². The second-order valence-corrected chi connectivity index (χ2v) is 6.22. The van der Waals surface area contributed by atoms with Crippen LogP contribution >= 0.6 is 24.2 Å². The van der Waals surface area contributed by atoms with Gasteiger partial charge in [0.1, 0.15) is 0 Å². The SMILES string of the molecule is Cl.NCC1CCCC1NC(=O)c1ccc(SC(F)(F)F)cc1. The quantitative estimate of drug-likeness (QED) is 0.813. The van der Waals surface area contributed by atoms with Crippen LogP contribution in [-0.2, 0) is 0 Å². The molecule has 1 saturated carbocycles. The molecule has 2 unspecified atom stereocenters. The van der Waals surface area contributed by atoms with Gasteiger partial charge in [0.25, 0.3) is 5.91 Å². The molecule has 0 spiro atoms. The number of hydrogen-bond acceptors (Lipinski definition) is 3. The summed E-state index contributed by atoms with van der Waals surface area (Å²) in [4.78, 5) is 12.1. The van der Waals surface area contributed by atoms with Crippen LogP contribution in [-0.4, -0.2) is 24.0 Å². The molecule has 0 aliphatic heterocycles. The average Bonchev–Trinajstić information content (AvgIpc) is 2.85. The lowest BCUT2D eigenvalue weighted by atomic mass is 10.0. The molecule has 2 rings (SSSR count). The van der Waals surface area contributed by atoms with Crippen molar-refractivity contribution in [3.8, 4) is 0 Å². The highest BCUT2D eigenvalue weighted by Gasteiger charge is 2.30. The van der Waals surface area contributed by atoms with Crippen LogP contribution in [0.2, 0.25) is 0 Å². The highest BCUT2D eigenvalue weighted by atomic mass is 35.5. The van der Waals surface area contributed by atoms with E-state index in [1.54, 1.807) is 0 Å². The Morgan fingerprint density at radius 2 is 1.91 bits per heavy atom. The Morgan fingerprint density at radius 3 is 2.45 bits per heavy atom. The zero-order chi connectivity index (χ0) is 15.5. The molecule has 1 aromatic carbocycles. The molecule has 1 aliphatic carbocycles. The molecule has 1 amide bonds. The molecule has 3 N–H and O–H groups in total. The van der Waals surface area contributed by atoms with Gasteiger partial charge in [-0.2, -0.15) is 13.2 Å². The number of halogens is 4. The second-order valence-electron chi connectivity index (χ2n) is 5.08. The number of nitrogens with two attached hydrogens (primary N) is 1. The molecule has 3 nitrogen and oxygen atoms in total. The molecular weight excluding hydrogens is 337 g/mol. The second kappa shape index (κ2) is 8.08. The first-order valence-electron chi connectivity index (χ1n) is 6.76. The molecule has 2 atom stereocenters. The van der Waals surface area contributed by atoms with Crippen molar-refractivity contribution in [2.45, 2.75) is 35.7 Å². The summed E-state index contributed by atoms with van der Waals surface area (Å²) in [5.41, 5.74) is 1.70. The highest BCUT2D eigenvalue weighted by Crippen LogP contribution is 2.36. The number of carbonyl (C=O) groups is 1. The maximum atomic E-state index is 12.2. The Labute approximate surface area is 137 Å². The number of hydrogen-bond donors (Lipinski definition) is 2. The number of nitrogens with one attached hydrogen (secondary N) is 1. The van der Waals surface area contributed by atoms with Crippen LogP contribution in [0.1, 0.15) is 29.6 Å². The van der Waals surface area contributed by atoms with E-state index in [9.17, 15) is 18.0 Å². The molecule has 1 aliphatic rings.